The Hall–Kier alpha value is -2.93. The summed E-state index contributed by atoms with van der Waals surface area (Å²) in [6.45, 7) is 2.01. The monoisotopic (exact) mass is 384 g/mol. The van der Waals surface area contributed by atoms with Gasteiger partial charge in [0.15, 0.2) is 5.11 Å². The van der Waals surface area contributed by atoms with Crippen molar-refractivity contribution in [2.75, 3.05) is 11.9 Å². The van der Waals surface area contributed by atoms with Crippen molar-refractivity contribution in [2.24, 2.45) is 0 Å². The number of thiocarbonyl (C=S) groups is 1. The second-order valence-electron chi connectivity index (χ2n) is 5.98. The molecule has 0 bridgehead atoms. The van der Waals surface area contributed by atoms with Crippen molar-refractivity contribution in [2.45, 2.75) is 26.2 Å². The third-order valence-corrected chi connectivity index (χ3v) is 4.00. The van der Waals surface area contributed by atoms with Gasteiger partial charge in [-0.1, -0.05) is 43.7 Å². The van der Waals surface area contributed by atoms with Crippen molar-refractivity contribution < 1.29 is 9.59 Å². The second-order valence-corrected chi connectivity index (χ2v) is 6.38. The molecule has 0 aliphatic heterocycles. The van der Waals surface area contributed by atoms with Crippen LogP contribution in [0.1, 0.15) is 35.7 Å². The van der Waals surface area contributed by atoms with Gasteiger partial charge < -0.3 is 10.6 Å². The van der Waals surface area contributed by atoms with Gasteiger partial charge in [-0.05, 0) is 54.9 Å². The van der Waals surface area contributed by atoms with Crippen molar-refractivity contribution in [3.05, 3.63) is 65.7 Å². The maximum absolute atomic E-state index is 11.9. The molecule has 0 heterocycles. The first-order chi connectivity index (χ1) is 13.1. The van der Waals surface area contributed by atoms with Gasteiger partial charge in [-0.15, -0.1) is 0 Å². The Morgan fingerprint density at radius 3 is 2.33 bits per heavy atom. The van der Waals surface area contributed by atoms with Gasteiger partial charge in [0.25, 0.3) is 11.8 Å². The van der Waals surface area contributed by atoms with Crippen molar-refractivity contribution in [1.82, 2.24) is 16.2 Å². The highest BCUT2D eigenvalue weighted by Crippen LogP contribution is 2.11. The van der Waals surface area contributed by atoms with Crippen molar-refractivity contribution in [3.8, 4) is 0 Å². The lowest BCUT2D eigenvalue weighted by molar-refractivity contribution is -0.120. The largest absolute Gasteiger partial charge is 0.343 e. The van der Waals surface area contributed by atoms with E-state index in [9.17, 15) is 9.59 Å². The van der Waals surface area contributed by atoms with Gasteiger partial charge in [-0.3, -0.25) is 20.4 Å². The van der Waals surface area contributed by atoms with E-state index in [0.717, 1.165) is 12.1 Å². The number of aryl methyl sites for hydroxylation is 1. The van der Waals surface area contributed by atoms with E-state index in [4.69, 9.17) is 12.2 Å². The molecule has 0 spiro atoms. The Kier molecular flexibility index (Phi) is 8.25. The van der Waals surface area contributed by atoms with E-state index in [2.05, 4.69) is 40.5 Å². The Balaban J connectivity index is 1.68. The SMILES string of the molecule is CCCCc1ccc(NC(=S)NNC(=O)CNC(=O)c2ccccc2)cc1. The summed E-state index contributed by atoms with van der Waals surface area (Å²) < 4.78 is 0. The first-order valence-corrected chi connectivity index (χ1v) is 9.27. The zero-order valence-corrected chi connectivity index (χ0v) is 16.1. The van der Waals surface area contributed by atoms with Crippen LogP contribution in [0.25, 0.3) is 0 Å². The number of unbranched alkanes of at least 4 members (excludes halogenated alkanes) is 1. The topological polar surface area (TPSA) is 82.3 Å². The lowest BCUT2D eigenvalue weighted by Crippen LogP contribution is -2.47. The fourth-order valence-corrected chi connectivity index (χ4v) is 2.49. The van der Waals surface area contributed by atoms with Crippen LogP contribution < -0.4 is 21.5 Å². The number of rotatable bonds is 7. The number of hydrogen-bond acceptors (Lipinski definition) is 3. The van der Waals surface area contributed by atoms with Crippen LogP contribution in [0.15, 0.2) is 54.6 Å². The average Bonchev–Trinajstić information content (AvgIpc) is 2.70. The highest BCUT2D eigenvalue weighted by molar-refractivity contribution is 7.80. The predicted octanol–water partition coefficient (Wildman–Crippen LogP) is 2.78. The van der Waals surface area contributed by atoms with Crippen molar-refractivity contribution in [1.29, 1.82) is 0 Å². The average molecular weight is 385 g/mol. The second kappa shape index (κ2) is 10.9. The molecular weight excluding hydrogens is 360 g/mol. The molecule has 2 aromatic rings. The van der Waals surface area contributed by atoms with Gasteiger partial charge in [0.05, 0.1) is 6.54 Å². The lowest BCUT2D eigenvalue weighted by atomic mass is 10.1. The quantitative estimate of drug-likeness (QED) is 0.436. The van der Waals surface area contributed by atoms with Crippen LogP contribution >= 0.6 is 12.2 Å². The number of hydrogen-bond donors (Lipinski definition) is 4. The summed E-state index contributed by atoms with van der Waals surface area (Å²) in [4.78, 5) is 23.7. The summed E-state index contributed by atoms with van der Waals surface area (Å²) in [5, 5.41) is 5.79. The van der Waals surface area contributed by atoms with E-state index in [0.29, 0.717) is 5.56 Å². The van der Waals surface area contributed by atoms with E-state index < -0.39 is 5.91 Å². The molecular formula is C20H24N4O2S. The van der Waals surface area contributed by atoms with Gasteiger partial charge in [0.1, 0.15) is 0 Å². The molecule has 7 heteroatoms. The first kappa shape index (κ1) is 20.4. The normalized spacial score (nSPS) is 9.96. The molecule has 0 saturated carbocycles. The minimum Gasteiger partial charge on any atom is -0.343 e. The predicted molar refractivity (Wildman–Crippen MR) is 111 cm³/mol. The van der Waals surface area contributed by atoms with Gasteiger partial charge in [-0.2, -0.15) is 0 Å². The van der Waals surface area contributed by atoms with Crippen LogP contribution in [0.5, 0.6) is 0 Å². The molecule has 0 atom stereocenters. The van der Waals surface area contributed by atoms with Crippen LogP contribution in [-0.2, 0) is 11.2 Å². The minimum absolute atomic E-state index is 0.157. The van der Waals surface area contributed by atoms with Crippen molar-refractivity contribution in [3.63, 3.8) is 0 Å². The Morgan fingerprint density at radius 1 is 0.963 bits per heavy atom. The number of anilines is 1. The third-order valence-electron chi connectivity index (χ3n) is 3.79. The maximum atomic E-state index is 11.9. The summed E-state index contributed by atoms with van der Waals surface area (Å²) in [6, 6.07) is 16.7. The molecule has 142 valence electrons. The standard InChI is InChI=1S/C20H24N4O2S/c1-2-3-7-15-10-12-17(13-11-15)22-20(27)24-23-18(25)14-21-19(26)16-8-5-4-6-9-16/h4-6,8-13H,2-3,7,14H2,1H3,(H,21,26)(H,23,25)(H2,22,24,27). The van der Waals surface area contributed by atoms with Gasteiger partial charge in [0, 0.05) is 11.3 Å². The summed E-state index contributed by atoms with van der Waals surface area (Å²) in [5.74, 6) is -0.715. The number of carbonyl (C=O) groups excluding carboxylic acids is 2. The number of nitrogens with one attached hydrogen (secondary N) is 4. The fraction of sp³-hybridized carbons (Fsp3) is 0.250. The molecule has 0 saturated heterocycles. The van der Waals surface area contributed by atoms with Crippen LogP contribution in [-0.4, -0.2) is 23.5 Å². The van der Waals surface area contributed by atoms with Crippen LogP contribution in [0, 0.1) is 0 Å². The fourth-order valence-electron chi connectivity index (χ4n) is 2.32. The molecule has 6 nitrogen and oxygen atoms in total. The van der Waals surface area contributed by atoms with Crippen LogP contribution in [0.4, 0.5) is 5.69 Å². The minimum atomic E-state index is -0.404. The Labute approximate surface area is 164 Å². The van der Waals surface area contributed by atoms with E-state index in [1.54, 1.807) is 24.3 Å². The van der Waals surface area contributed by atoms with E-state index in [1.807, 2.05) is 18.2 Å². The summed E-state index contributed by atoms with van der Waals surface area (Å²) in [7, 11) is 0. The smallest absolute Gasteiger partial charge is 0.257 e. The molecule has 27 heavy (non-hydrogen) atoms. The summed E-state index contributed by atoms with van der Waals surface area (Å²) in [5.41, 5.74) is 7.67. The molecule has 0 aliphatic rings. The number of carbonyl (C=O) groups is 2. The van der Waals surface area contributed by atoms with Crippen LogP contribution in [0.3, 0.4) is 0 Å². The molecule has 0 unspecified atom stereocenters. The zero-order chi connectivity index (χ0) is 19.5. The molecule has 2 rings (SSSR count). The summed E-state index contributed by atoms with van der Waals surface area (Å²) >= 11 is 5.15. The molecule has 2 aromatic carbocycles. The highest BCUT2D eigenvalue weighted by atomic mass is 32.1. The Bertz CT molecular complexity index is 763. The molecule has 0 fully saturated rings. The van der Waals surface area contributed by atoms with Gasteiger partial charge in [0.2, 0.25) is 0 Å². The zero-order valence-electron chi connectivity index (χ0n) is 15.2. The van der Waals surface area contributed by atoms with Gasteiger partial charge in [-0.25, -0.2) is 0 Å². The maximum Gasteiger partial charge on any atom is 0.257 e. The molecule has 0 radical (unpaired) electrons. The van der Waals surface area contributed by atoms with E-state index >= 15 is 0 Å². The molecule has 0 aliphatic carbocycles. The van der Waals surface area contributed by atoms with E-state index in [-0.39, 0.29) is 17.6 Å². The first-order valence-electron chi connectivity index (χ1n) is 8.86. The number of amides is 2. The molecule has 4 N–H and O–H groups in total. The number of hydrazine groups is 1. The summed E-state index contributed by atoms with van der Waals surface area (Å²) in [6.07, 6.45) is 3.39. The Morgan fingerprint density at radius 2 is 1.67 bits per heavy atom. The lowest BCUT2D eigenvalue weighted by Gasteiger charge is -2.12. The van der Waals surface area contributed by atoms with Gasteiger partial charge >= 0.3 is 0 Å². The van der Waals surface area contributed by atoms with Crippen LogP contribution in [0.2, 0.25) is 0 Å². The molecule has 2 amide bonds. The molecule has 0 aromatic heterocycles. The third kappa shape index (κ3) is 7.45. The van der Waals surface area contributed by atoms with E-state index in [1.165, 1.54) is 18.4 Å². The number of benzene rings is 2. The van der Waals surface area contributed by atoms with Crippen molar-refractivity contribution >= 4 is 34.8 Å². The highest BCUT2D eigenvalue weighted by Gasteiger charge is 2.07.